The summed E-state index contributed by atoms with van der Waals surface area (Å²) in [7, 11) is 0. The van der Waals surface area contributed by atoms with Crippen LogP contribution in [0.5, 0.6) is 0 Å². The van der Waals surface area contributed by atoms with Gasteiger partial charge in [0.25, 0.3) is 0 Å². The zero-order valence-electron chi connectivity index (χ0n) is 31.0. The van der Waals surface area contributed by atoms with E-state index in [4.69, 9.17) is 29.9 Å². The molecular weight excluding hydrogens is 711 g/mol. The normalized spacial score (nSPS) is 11.4. The lowest BCUT2D eigenvalue weighted by molar-refractivity contribution is 1.06. The molecule has 0 radical (unpaired) electrons. The average Bonchev–Trinajstić information content (AvgIpc) is 3.31. The number of pyridine rings is 4. The quantitative estimate of drug-likeness (QED) is 0.157. The van der Waals surface area contributed by atoms with Crippen LogP contribution < -0.4 is 0 Å². The molecule has 0 aliphatic carbocycles. The molecule has 0 saturated carbocycles. The smallest absolute Gasteiger partial charge is 0.182 e. The highest BCUT2D eigenvalue weighted by molar-refractivity contribution is 6.11. The Labute approximate surface area is 333 Å². The van der Waals surface area contributed by atoms with E-state index in [0.717, 1.165) is 88.1 Å². The maximum absolute atomic E-state index is 5.16. The van der Waals surface area contributed by atoms with Crippen molar-refractivity contribution in [3.8, 4) is 67.8 Å². The first-order chi connectivity index (χ1) is 28.7. The number of hydrogen-bond acceptors (Lipinski definition) is 7. The number of fused-ring (bicyclic) bond motifs is 5. The fourth-order valence-electron chi connectivity index (χ4n) is 7.66. The Morgan fingerprint density at radius 1 is 0.328 bits per heavy atom. The van der Waals surface area contributed by atoms with Crippen LogP contribution in [0.3, 0.4) is 0 Å². The predicted molar refractivity (Wildman–Crippen MR) is 234 cm³/mol. The van der Waals surface area contributed by atoms with Gasteiger partial charge in [-0.3, -0.25) is 9.97 Å². The minimum Gasteiger partial charge on any atom is -0.264 e. The highest BCUT2D eigenvalue weighted by Gasteiger charge is 2.15. The number of rotatable bonds is 6. The molecule has 270 valence electrons. The van der Waals surface area contributed by atoms with Gasteiger partial charge in [0.05, 0.1) is 22.2 Å². The molecule has 6 aromatic carbocycles. The maximum atomic E-state index is 5.16. The summed E-state index contributed by atoms with van der Waals surface area (Å²) in [6, 6.07) is 58.1. The fraction of sp³-hybridized carbons (Fsp3) is 0. The fourth-order valence-corrected chi connectivity index (χ4v) is 7.66. The van der Waals surface area contributed by atoms with Crippen LogP contribution in [0.2, 0.25) is 0 Å². The molecule has 0 saturated heterocycles. The van der Waals surface area contributed by atoms with Crippen LogP contribution in [0, 0.1) is 0 Å². The highest BCUT2D eigenvalue weighted by atomic mass is 15.0. The van der Waals surface area contributed by atoms with Crippen LogP contribution in [0.15, 0.2) is 188 Å². The summed E-state index contributed by atoms with van der Waals surface area (Å²) in [5, 5.41) is 5.38. The maximum Gasteiger partial charge on any atom is 0.182 e. The third-order valence-electron chi connectivity index (χ3n) is 10.6. The van der Waals surface area contributed by atoms with E-state index in [0.29, 0.717) is 23.2 Å². The number of aromatic nitrogens is 7. The van der Waals surface area contributed by atoms with E-state index in [2.05, 4.69) is 96.0 Å². The van der Waals surface area contributed by atoms with Gasteiger partial charge in [-0.05, 0) is 70.1 Å². The molecule has 0 amide bonds. The van der Waals surface area contributed by atoms with Gasteiger partial charge in [-0.25, -0.2) is 24.9 Å². The van der Waals surface area contributed by atoms with Crippen molar-refractivity contribution in [1.82, 2.24) is 34.9 Å². The first kappa shape index (κ1) is 33.3. The Hall–Kier alpha value is -8.03. The molecule has 0 bridgehead atoms. The van der Waals surface area contributed by atoms with E-state index in [1.807, 2.05) is 97.5 Å². The van der Waals surface area contributed by atoms with Gasteiger partial charge < -0.3 is 0 Å². The molecule has 0 unspecified atom stereocenters. The molecule has 0 N–H and O–H groups in total. The Kier molecular flexibility index (Phi) is 8.00. The summed E-state index contributed by atoms with van der Waals surface area (Å²) in [5.74, 6) is 1.72. The molecule has 58 heavy (non-hydrogen) atoms. The lowest BCUT2D eigenvalue weighted by Crippen LogP contribution is -2.01. The molecule has 7 heteroatoms. The summed E-state index contributed by atoms with van der Waals surface area (Å²) in [4.78, 5) is 34.0. The van der Waals surface area contributed by atoms with Crippen molar-refractivity contribution in [2.45, 2.75) is 0 Å². The van der Waals surface area contributed by atoms with Crippen molar-refractivity contribution in [2.24, 2.45) is 0 Å². The van der Waals surface area contributed by atoms with Crippen molar-refractivity contribution in [3.63, 3.8) is 0 Å². The van der Waals surface area contributed by atoms with Crippen LogP contribution in [0.4, 0.5) is 0 Å². The molecule has 11 aromatic rings. The van der Waals surface area contributed by atoms with Crippen LogP contribution in [-0.2, 0) is 0 Å². The van der Waals surface area contributed by atoms with Gasteiger partial charge in [-0.2, -0.15) is 0 Å². The Morgan fingerprint density at radius 2 is 0.914 bits per heavy atom. The van der Waals surface area contributed by atoms with Gasteiger partial charge in [0.1, 0.15) is 5.69 Å². The lowest BCUT2D eigenvalue weighted by atomic mass is 9.95. The first-order valence-electron chi connectivity index (χ1n) is 19.1. The van der Waals surface area contributed by atoms with Gasteiger partial charge in [-0.1, -0.05) is 127 Å². The second kappa shape index (κ2) is 13.9. The standard InChI is InChI=1S/C51H31N7/c1-3-8-36(9-4-1)49-56-50(37-10-5-2-6-11-37)58-51(57-49)45-24-22-35-18-20-40(30-47(35)55-45)44-23-21-34-17-19-38(29-46(34)54-44)32-13-15-33(16-14-32)42-28-39-25-27-52-31-43(39)48-41(42)12-7-26-53-48/h1-31H. The highest BCUT2D eigenvalue weighted by Crippen LogP contribution is 2.35. The predicted octanol–water partition coefficient (Wildman–Crippen LogP) is 12.1. The summed E-state index contributed by atoms with van der Waals surface area (Å²) >= 11 is 0. The number of nitrogens with zero attached hydrogens (tertiary/aromatic N) is 7. The van der Waals surface area contributed by atoms with Crippen LogP contribution >= 0.6 is 0 Å². The minimum absolute atomic E-state index is 0.518. The molecule has 0 atom stereocenters. The number of benzene rings is 6. The molecule has 11 rings (SSSR count). The summed E-state index contributed by atoms with van der Waals surface area (Å²) in [5.41, 5.74) is 11.6. The Morgan fingerprint density at radius 3 is 1.64 bits per heavy atom. The largest absolute Gasteiger partial charge is 0.264 e. The zero-order valence-corrected chi connectivity index (χ0v) is 31.0. The third kappa shape index (κ3) is 6.08. The van der Waals surface area contributed by atoms with Gasteiger partial charge in [0.15, 0.2) is 17.5 Å². The summed E-state index contributed by atoms with van der Waals surface area (Å²) in [6.45, 7) is 0. The zero-order chi connectivity index (χ0) is 38.4. The SMILES string of the molecule is c1ccc(-c2nc(-c3ccccc3)nc(-c3ccc4ccc(-c5ccc6ccc(-c7ccc(-c8cc9ccncc9c9ncccc89)cc7)cc6n5)cc4n3)n2)cc1. The van der Waals surface area contributed by atoms with Crippen LogP contribution in [-0.4, -0.2) is 34.9 Å². The second-order valence-electron chi connectivity index (χ2n) is 14.2. The molecule has 0 aliphatic rings. The van der Waals surface area contributed by atoms with Gasteiger partial charge in [0.2, 0.25) is 0 Å². The topological polar surface area (TPSA) is 90.2 Å². The molecule has 0 fully saturated rings. The van der Waals surface area contributed by atoms with Crippen molar-refractivity contribution in [1.29, 1.82) is 0 Å². The monoisotopic (exact) mass is 741 g/mol. The van der Waals surface area contributed by atoms with Gasteiger partial charge in [-0.15, -0.1) is 0 Å². The van der Waals surface area contributed by atoms with Crippen molar-refractivity contribution < 1.29 is 0 Å². The summed E-state index contributed by atoms with van der Waals surface area (Å²) in [6.07, 6.45) is 5.57. The lowest BCUT2D eigenvalue weighted by Gasteiger charge is -2.11. The first-order valence-corrected chi connectivity index (χ1v) is 19.1. The van der Waals surface area contributed by atoms with E-state index in [1.165, 1.54) is 0 Å². The molecule has 0 aliphatic heterocycles. The molecular formula is C51H31N7. The van der Waals surface area contributed by atoms with Gasteiger partial charge in [0, 0.05) is 56.8 Å². The Bertz CT molecular complexity index is 3270. The van der Waals surface area contributed by atoms with Crippen molar-refractivity contribution in [2.75, 3.05) is 0 Å². The summed E-state index contributed by atoms with van der Waals surface area (Å²) < 4.78 is 0. The number of hydrogen-bond donors (Lipinski definition) is 0. The second-order valence-corrected chi connectivity index (χ2v) is 14.2. The molecule has 0 spiro atoms. The van der Waals surface area contributed by atoms with Crippen molar-refractivity contribution >= 4 is 43.5 Å². The van der Waals surface area contributed by atoms with E-state index in [9.17, 15) is 0 Å². The van der Waals surface area contributed by atoms with E-state index in [1.54, 1.807) is 0 Å². The molecule has 5 heterocycles. The third-order valence-corrected chi connectivity index (χ3v) is 10.6. The Balaban J connectivity index is 0.930. The van der Waals surface area contributed by atoms with E-state index in [-0.39, 0.29) is 0 Å². The van der Waals surface area contributed by atoms with E-state index >= 15 is 0 Å². The minimum atomic E-state index is 0.518. The van der Waals surface area contributed by atoms with Crippen molar-refractivity contribution in [3.05, 3.63) is 188 Å². The van der Waals surface area contributed by atoms with Crippen LogP contribution in [0.1, 0.15) is 0 Å². The van der Waals surface area contributed by atoms with Gasteiger partial charge >= 0.3 is 0 Å². The molecule has 5 aromatic heterocycles. The van der Waals surface area contributed by atoms with E-state index < -0.39 is 0 Å². The van der Waals surface area contributed by atoms with Crippen LogP contribution in [0.25, 0.3) is 111 Å². The molecule has 7 nitrogen and oxygen atoms in total. The average molecular weight is 742 g/mol.